The molecule has 0 saturated carbocycles. The first-order chi connectivity index (χ1) is 7.42. The molecule has 2 nitrogen and oxygen atoms in total. The van der Waals surface area contributed by atoms with Crippen molar-refractivity contribution in [3.63, 3.8) is 0 Å². The molecule has 0 bridgehead atoms. The lowest BCUT2D eigenvalue weighted by Gasteiger charge is -2.31. The number of ether oxygens (including phenoxy) is 1. The topological polar surface area (TPSA) is 35.2 Å². The van der Waals surface area contributed by atoms with Gasteiger partial charge in [-0.05, 0) is 45.5 Å². The van der Waals surface area contributed by atoms with Gasteiger partial charge < -0.3 is 10.5 Å². The molecule has 3 heteroatoms. The standard InChI is InChI=1S/C13H20BrNO/c1-5-13(2,3)12(15)9-6-7-11(16-4)10(14)8-9/h6-8,12H,5,15H2,1-4H3. The van der Waals surface area contributed by atoms with Gasteiger partial charge in [0.05, 0.1) is 11.6 Å². The molecule has 0 amide bonds. The molecule has 0 saturated heterocycles. The summed E-state index contributed by atoms with van der Waals surface area (Å²) < 4.78 is 6.16. The second-order valence-electron chi connectivity index (χ2n) is 4.71. The molecule has 2 N–H and O–H groups in total. The lowest BCUT2D eigenvalue weighted by atomic mass is 9.79. The highest BCUT2D eigenvalue weighted by atomic mass is 79.9. The smallest absolute Gasteiger partial charge is 0.133 e. The fraction of sp³-hybridized carbons (Fsp3) is 0.538. The van der Waals surface area contributed by atoms with E-state index in [-0.39, 0.29) is 11.5 Å². The molecule has 0 radical (unpaired) electrons. The number of benzene rings is 1. The maximum atomic E-state index is 6.28. The minimum absolute atomic E-state index is 0.0414. The summed E-state index contributed by atoms with van der Waals surface area (Å²) in [5, 5.41) is 0. The zero-order valence-corrected chi connectivity index (χ0v) is 12.0. The molecular formula is C13H20BrNO. The average Bonchev–Trinajstić information content (AvgIpc) is 2.27. The first-order valence-corrected chi connectivity index (χ1v) is 6.30. The van der Waals surface area contributed by atoms with Gasteiger partial charge in [0.2, 0.25) is 0 Å². The van der Waals surface area contributed by atoms with E-state index < -0.39 is 0 Å². The zero-order valence-electron chi connectivity index (χ0n) is 10.4. The molecule has 0 aliphatic carbocycles. The molecule has 1 aromatic carbocycles. The van der Waals surface area contributed by atoms with Crippen molar-refractivity contribution in [2.75, 3.05) is 7.11 Å². The van der Waals surface area contributed by atoms with Crippen molar-refractivity contribution in [2.45, 2.75) is 33.2 Å². The summed E-state index contributed by atoms with van der Waals surface area (Å²) in [6.07, 6.45) is 1.05. The summed E-state index contributed by atoms with van der Waals surface area (Å²) in [5.74, 6) is 0.838. The van der Waals surface area contributed by atoms with Crippen LogP contribution in [0.3, 0.4) is 0 Å². The Morgan fingerprint density at radius 3 is 2.50 bits per heavy atom. The summed E-state index contributed by atoms with van der Waals surface area (Å²) in [5.41, 5.74) is 7.53. The molecule has 0 aliphatic rings. The van der Waals surface area contributed by atoms with Gasteiger partial charge in [-0.1, -0.05) is 26.8 Å². The van der Waals surface area contributed by atoms with Crippen molar-refractivity contribution >= 4 is 15.9 Å². The minimum atomic E-state index is 0.0414. The first-order valence-electron chi connectivity index (χ1n) is 5.51. The molecule has 0 heterocycles. The Labute approximate surface area is 106 Å². The van der Waals surface area contributed by atoms with E-state index in [1.54, 1.807) is 7.11 Å². The highest BCUT2D eigenvalue weighted by molar-refractivity contribution is 9.10. The van der Waals surface area contributed by atoms with E-state index in [4.69, 9.17) is 10.5 Å². The Morgan fingerprint density at radius 2 is 2.06 bits per heavy atom. The van der Waals surface area contributed by atoms with E-state index in [1.165, 1.54) is 0 Å². The Hall–Kier alpha value is -0.540. The minimum Gasteiger partial charge on any atom is -0.496 e. The molecule has 0 spiro atoms. The van der Waals surface area contributed by atoms with E-state index in [9.17, 15) is 0 Å². The van der Waals surface area contributed by atoms with Crippen LogP contribution < -0.4 is 10.5 Å². The molecule has 1 rings (SSSR count). The van der Waals surface area contributed by atoms with Gasteiger partial charge in [0, 0.05) is 6.04 Å². The Morgan fingerprint density at radius 1 is 1.44 bits per heavy atom. The van der Waals surface area contributed by atoms with Gasteiger partial charge in [-0.2, -0.15) is 0 Å². The molecule has 16 heavy (non-hydrogen) atoms. The quantitative estimate of drug-likeness (QED) is 0.911. The van der Waals surface area contributed by atoms with Crippen LogP contribution in [0.2, 0.25) is 0 Å². The van der Waals surface area contributed by atoms with E-state index in [0.717, 1.165) is 22.2 Å². The normalized spacial score (nSPS) is 13.6. The van der Waals surface area contributed by atoms with Crippen LogP contribution in [-0.4, -0.2) is 7.11 Å². The van der Waals surface area contributed by atoms with Crippen molar-refractivity contribution in [1.82, 2.24) is 0 Å². The van der Waals surface area contributed by atoms with Crippen molar-refractivity contribution in [3.8, 4) is 5.75 Å². The van der Waals surface area contributed by atoms with Gasteiger partial charge in [0.15, 0.2) is 0 Å². The van der Waals surface area contributed by atoms with Crippen LogP contribution in [0.4, 0.5) is 0 Å². The number of hydrogen-bond donors (Lipinski definition) is 1. The second kappa shape index (κ2) is 5.19. The largest absolute Gasteiger partial charge is 0.496 e. The lowest BCUT2D eigenvalue weighted by molar-refractivity contribution is 0.278. The van der Waals surface area contributed by atoms with Crippen LogP contribution >= 0.6 is 15.9 Å². The van der Waals surface area contributed by atoms with Crippen LogP contribution in [0, 0.1) is 5.41 Å². The molecular weight excluding hydrogens is 266 g/mol. The van der Waals surface area contributed by atoms with E-state index in [2.05, 4.69) is 36.7 Å². The summed E-state index contributed by atoms with van der Waals surface area (Å²) in [4.78, 5) is 0. The van der Waals surface area contributed by atoms with E-state index >= 15 is 0 Å². The monoisotopic (exact) mass is 285 g/mol. The molecule has 1 atom stereocenters. The fourth-order valence-electron chi connectivity index (χ4n) is 1.55. The Kier molecular flexibility index (Phi) is 4.39. The predicted octanol–water partition coefficient (Wildman–Crippen LogP) is 3.89. The Bertz CT molecular complexity index is 363. The molecule has 0 fully saturated rings. The van der Waals surface area contributed by atoms with Crippen LogP contribution in [0.5, 0.6) is 5.75 Å². The third kappa shape index (κ3) is 2.77. The van der Waals surface area contributed by atoms with Crippen molar-refractivity contribution < 1.29 is 4.74 Å². The fourth-order valence-corrected chi connectivity index (χ4v) is 2.11. The van der Waals surface area contributed by atoms with Gasteiger partial charge in [-0.15, -0.1) is 0 Å². The SMILES string of the molecule is CCC(C)(C)C(N)c1ccc(OC)c(Br)c1. The van der Waals surface area contributed by atoms with Gasteiger partial charge in [-0.3, -0.25) is 0 Å². The number of rotatable bonds is 4. The summed E-state index contributed by atoms with van der Waals surface area (Å²) in [6, 6.07) is 6.07. The zero-order chi connectivity index (χ0) is 12.3. The summed E-state index contributed by atoms with van der Waals surface area (Å²) in [6.45, 7) is 6.55. The van der Waals surface area contributed by atoms with Gasteiger partial charge >= 0.3 is 0 Å². The van der Waals surface area contributed by atoms with Crippen LogP contribution in [0.1, 0.15) is 38.8 Å². The molecule has 1 unspecified atom stereocenters. The Balaban J connectivity index is 3.02. The van der Waals surface area contributed by atoms with Crippen LogP contribution in [-0.2, 0) is 0 Å². The molecule has 0 aliphatic heterocycles. The molecule has 90 valence electrons. The number of halogens is 1. The average molecular weight is 286 g/mol. The summed E-state index contributed by atoms with van der Waals surface area (Å²) in [7, 11) is 1.66. The highest BCUT2D eigenvalue weighted by Crippen LogP contribution is 2.36. The molecule has 1 aromatic rings. The third-order valence-corrected chi connectivity index (χ3v) is 3.91. The van der Waals surface area contributed by atoms with Crippen molar-refractivity contribution in [3.05, 3.63) is 28.2 Å². The summed E-state index contributed by atoms with van der Waals surface area (Å²) >= 11 is 3.48. The van der Waals surface area contributed by atoms with E-state index in [1.807, 2.05) is 18.2 Å². The lowest BCUT2D eigenvalue weighted by Crippen LogP contribution is -2.28. The number of hydrogen-bond acceptors (Lipinski definition) is 2. The van der Waals surface area contributed by atoms with Crippen LogP contribution in [0.25, 0.3) is 0 Å². The van der Waals surface area contributed by atoms with E-state index in [0.29, 0.717) is 0 Å². The second-order valence-corrected chi connectivity index (χ2v) is 5.57. The van der Waals surface area contributed by atoms with Gasteiger partial charge in [0.1, 0.15) is 5.75 Å². The maximum Gasteiger partial charge on any atom is 0.133 e. The van der Waals surface area contributed by atoms with Crippen molar-refractivity contribution in [1.29, 1.82) is 0 Å². The van der Waals surface area contributed by atoms with Crippen molar-refractivity contribution in [2.24, 2.45) is 11.1 Å². The van der Waals surface area contributed by atoms with Gasteiger partial charge in [0.25, 0.3) is 0 Å². The van der Waals surface area contributed by atoms with Gasteiger partial charge in [-0.25, -0.2) is 0 Å². The number of methoxy groups -OCH3 is 1. The predicted molar refractivity (Wildman–Crippen MR) is 71.7 cm³/mol. The molecule has 0 aromatic heterocycles. The number of nitrogens with two attached hydrogens (primary N) is 1. The third-order valence-electron chi connectivity index (χ3n) is 3.29. The first kappa shape index (κ1) is 13.5. The highest BCUT2D eigenvalue weighted by Gasteiger charge is 2.26. The van der Waals surface area contributed by atoms with Crippen LogP contribution in [0.15, 0.2) is 22.7 Å². The maximum absolute atomic E-state index is 6.28.